The van der Waals surface area contributed by atoms with Crippen LogP contribution in [-0.2, 0) is 19.5 Å². The van der Waals surface area contributed by atoms with Gasteiger partial charge in [0.05, 0.1) is 11.4 Å². The summed E-state index contributed by atoms with van der Waals surface area (Å²) in [6.07, 6.45) is 2.28. The molecule has 0 spiro atoms. The summed E-state index contributed by atoms with van der Waals surface area (Å²) in [6, 6.07) is 13.4. The first-order valence-electron chi connectivity index (χ1n) is 7.49. The van der Waals surface area contributed by atoms with Gasteiger partial charge < -0.3 is 5.32 Å². The molecule has 0 aliphatic carbocycles. The van der Waals surface area contributed by atoms with E-state index < -0.39 is 0 Å². The first-order valence-corrected chi connectivity index (χ1v) is 7.49. The van der Waals surface area contributed by atoms with Crippen molar-refractivity contribution in [3.8, 4) is 0 Å². The molecule has 0 saturated heterocycles. The minimum absolute atomic E-state index is 0.510. The van der Waals surface area contributed by atoms with E-state index in [1.807, 2.05) is 0 Å². The fourth-order valence-corrected chi connectivity index (χ4v) is 2.42. The van der Waals surface area contributed by atoms with E-state index in [2.05, 4.69) is 72.3 Å². The molecule has 2 rings (SSSR count). The number of rotatable bonds is 7. The zero-order valence-electron chi connectivity index (χ0n) is 12.8. The van der Waals surface area contributed by atoms with Gasteiger partial charge in [-0.2, -0.15) is 5.10 Å². The van der Waals surface area contributed by atoms with Crippen LogP contribution in [0.3, 0.4) is 0 Å². The Bertz CT molecular complexity index is 516. The van der Waals surface area contributed by atoms with Crippen LogP contribution in [0.2, 0.25) is 0 Å². The second-order valence-electron chi connectivity index (χ2n) is 5.40. The van der Waals surface area contributed by atoms with Crippen molar-refractivity contribution in [2.45, 2.75) is 52.7 Å². The van der Waals surface area contributed by atoms with Gasteiger partial charge >= 0.3 is 0 Å². The molecule has 0 aliphatic heterocycles. The summed E-state index contributed by atoms with van der Waals surface area (Å²) in [6.45, 7) is 8.26. The van der Waals surface area contributed by atoms with Crippen LogP contribution in [0.25, 0.3) is 0 Å². The highest BCUT2D eigenvalue weighted by molar-refractivity contribution is 5.14. The van der Waals surface area contributed by atoms with Gasteiger partial charge in [0.2, 0.25) is 0 Å². The SMILES string of the molecule is CCn1nc(C)cc1CNC(C)CCc1ccccc1. The van der Waals surface area contributed by atoms with E-state index in [-0.39, 0.29) is 0 Å². The molecule has 1 heterocycles. The van der Waals surface area contributed by atoms with Gasteiger partial charge in [0.25, 0.3) is 0 Å². The Kier molecular flexibility index (Phi) is 5.36. The molecule has 1 aromatic heterocycles. The number of benzene rings is 1. The molecule has 108 valence electrons. The molecule has 3 nitrogen and oxygen atoms in total. The Hall–Kier alpha value is -1.61. The monoisotopic (exact) mass is 271 g/mol. The van der Waals surface area contributed by atoms with Crippen LogP contribution < -0.4 is 5.32 Å². The summed E-state index contributed by atoms with van der Waals surface area (Å²) < 4.78 is 2.08. The molecule has 0 saturated carbocycles. The predicted octanol–water partition coefficient (Wildman–Crippen LogP) is 3.32. The van der Waals surface area contributed by atoms with E-state index in [0.717, 1.165) is 31.6 Å². The van der Waals surface area contributed by atoms with Crippen LogP contribution in [0.1, 0.15) is 37.2 Å². The van der Waals surface area contributed by atoms with Gasteiger partial charge in [-0.25, -0.2) is 0 Å². The van der Waals surface area contributed by atoms with Crippen molar-refractivity contribution in [3.05, 3.63) is 53.3 Å². The third-order valence-electron chi connectivity index (χ3n) is 3.63. The zero-order valence-corrected chi connectivity index (χ0v) is 12.8. The largest absolute Gasteiger partial charge is 0.309 e. The lowest BCUT2D eigenvalue weighted by Crippen LogP contribution is -2.27. The molecule has 2 aromatic rings. The van der Waals surface area contributed by atoms with Crippen LogP contribution in [-0.4, -0.2) is 15.8 Å². The Labute approximate surface area is 122 Å². The lowest BCUT2D eigenvalue weighted by atomic mass is 10.1. The van der Waals surface area contributed by atoms with Crippen molar-refractivity contribution in [2.75, 3.05) is 0 Å². The molecular weight excluding hydrogens is 246 g/mol. The highest BCUT2D eigenvalue weighted by Gasteiger charge is 2.06. The topological polar surface area (TPSA) is 29.9 Å². The van der Waals surface area contributed by atoms with Gasteiger partial charge in [-0.3, -0.25) is 4.68 Å². The summed E-state index contributed by atoms with van der Waals surface area (Å²) in [5.74, 6) is 0. The molecule has 1 aromatic carbocycles. The molecule has 0 radical (unpaired) electrons. The summed E-state index contributed by atoms with van der Waals surface area (Å²) in [7, 11) is 0. The molecular formula is C17H25N3. The standard InChI is InChI=1S/C17H25N3/c1-4-20-17(12-15(3)19-20)13-18-14(2)10-11-16-8-6-5-7-9-16/h5-9,12,14,18H,4,10-11,13H2,1-3H3. The maximum Gasteiger partial charge on any atom is 0.0597 e. The van der Waals surface area contributed by atoms with E-state index in [0.29, 0.717) is 6.04 Å². The third kappa shape index (κ3) is 4.20. The van der Waals surface area contributed by atoms with Gasteiger partial charge in [-0.05, 0) is 45.2 Å². The van der Waals surface area contributed by atoms with Gasteiger partial charge in [0.1, 0.15) is 0 Å². The lowest BCUT2D eigenvalue weighted by Gasteiger charge is -2.14. The number of nitrogens with one attached hydrogen (secondary N) is 1. The number of aryl methyl sites for hydroxylation is 3. The Morgan fingerprint density at radius 3 is 2.70 bits per heavy atom. The fourth-order valence-electron chi connectivity index (χ4n) is 2.42. The minimum Gasteiger partial charge on any atom is -0.309 e. The van der Waals surface area contributed by atoms with Crippen LogP contribution in [0.15, 0.2) is 36.4 Å². The molecule has 0 amide bonds. The van der Waals surface area contributed by atoms with Crippen LogP contribution in [0, 0.1) is 6.92 Å². The highest BCUT2D eigenvalue weighted by atomic mass is 15.3. The molecule has 3 heteroatoms. The third-order valence-corrected chi connectivity index (χ3v) is 3.63. The molecule has 20 heavy (non-hydrogen) atoms. The van der Waals surface area contributed by atoms with E-state index >= 15 is 0 Å². The maximum absolute atomic E-state index is 4.48. The predicted molar refractivity (Wildman–Crippen MR) is 83.7 cm³/mol. The Morgan fingerprint density at radius 1 is 1.25 bits per heavy atom. The molecule has 0 bridgehead atoms. The lowest BCUT2D eigenvalue weighted by molar-refractivity contribution is 0.492. The Morgan fingerprint density at radius 2 is 2.00 bits per heavy atom. The maximum atomic E-state index is 4.48. The van der Waals surface area contributed by atoms with E-state index in [1.54, 1.807) is 0 Å². The van der Waals surface area contributed by atoms with Gasteiger partial charge in [0, 0.05) is 19.1 Å². The van der Waals surface area contributed by atoms with Gasteiger partial charge in [-0.1, -0.05) is 30.3 Å². The number of aromatic nitrogens is 2. The van der Waals surface area contributed by atoms with Crippen molar-refractivity contribution in [1.29, 1.82) is 0 Å². The van der Waals surface area contributed by atoms with Crippen LogP contribution in [0.5, 0.6) is 0 Å². The first-order chi connectivity index (χ1) is 9.69. The average Bonchev–Trinajstić information content (AvgIpc) is 2.84. The van der Waals surface area contributed by atoms with Crippen molar-refractivity contribution in [3.63, 3.8) is 0 Å². The normalized spacial score (nSPS) is 12.6. The number of hydrogen-bond donors (Lipinski definition) is 1. The number of nitrogens with zero attached hydrogens (tertiary/aromatic N) is 2. The molecule has 1 N–H and O–H groups in total. The van der Waals surface area contributed by atoms with E-state index in [9.17, 15) is 0 Å². The molecule has 1 unspecified atom stereocenters. The van der Waals surface area contributed by atoms with Crippen molar-refractivity contribution < 1.29 is 0 Å². The minimum atomic E-state index is 0.510. The summed E-state index contributed by atoms with van der Waals surface area (Å²) in [5.41, 5.74) is 3.78. The fraction of sp³-hybridized carbons (Fsp3) is 0.471. The number of hydrogen-bond acceptors (Lipinski definition) is 2. The highest BCUT2D eigenvalue weighted by Crippen LogP contribution is 2.07. The van der Waals surface area contributed by atoms with Crippen molar-refractivity contribution in [1.82, 2.24) is 15.1 Å². The first kappa shape index (κ1) is 14.8. The van der Waals surface area contributed by atoms with E-state index in [1.165, 1.54) is 11.3 Å². The summed E-state index contributed by atoms with van der Waals surface area (Å²) >= 11 is 0. The Balaban J connectivity index is 1.78. The molecule has 0 aliphatic rings. The molecule has 0 fully saturated rings. The second-order valence-corrected chi connectivity index (χ2v) is 5.40. The quantitative estimate of drug-likeness (QED) is 0.837. The van der Waals surface area contributed by atoms with Crippen molar-refractivity contribution in [2.24, 2.45) is 0 Å². The zero-order chi connectivity index (χ0) is 14.4. The second kappa shape index (κ2) is 7.25. The van der Waals surface area contributed by atoms with Crippen molar-refractivity contribution >= 4 is 0 Å². The summed E-state index contributed by atoms with van der Waals surface area (Å²) in [4.78, 5) is 0. The van der Waals surface area contributed by atoms with E-state index in [4.69, 9.17) is 0 Å². The van der Waals surface area contributed by atoms with Crippen LogP contribution in [0.4, 0.5) is 0 Å². The molecule has 1 atom stereocenters. The van der Waals surface area contributed by atoms with Crippen LogP contribution >= 0.6 is 0 Å². The van der Waals surface area contributed by atoms with Gasteiger partial charge in [-0.15, -0.1) is 0 Å². The average molecular weight is 271 g/mol. The van der Waals surface area contributed by atoms with Gasteiger partial charge in [0.15, 0.2) is 0 Å². The summed E-state index contributed by atoms with van der Waals surface area (Å²) in [5, 5.41) is 8.07. The smallest absolute Gasteiger partial charge is 0.0597 e.